The van der Waals surface area contributed by atoms with Crippen LogP contribution in [0.25, 0.3) is 0 Å². The molecule has 16 heavy (non-hydrogen) atoms. The van der Waals surface area contributed by atoms with Gasteiger partial charge in [0.05, 0.1) is 0 Å². The highest BCUT2D eigenvalue weighted by Gasteiger charge is 2.48. The monoisotopic (exact) mass is 215 g/mol. The molecule has 2 bridgehead atoms. The summed E-state index contributed by atoms with van der Waals surface area (Å²) < 4.78 is 0. The fourth-order valence-electron chi connectivity index (χ4n) is 4.21. The second kappa shape index (κ2) is 3.89. The second-order valence-electron chi connectivity index (χ2n) is 5.63. The van der Waals surface area contributed by atoms with Crippen LogP contribution in [0.4, 0.5) is 0 Å². The highest BCUT2D eigenvalue weighted by atomic mass is 14.7. The number of benzene rings is 1. The van der Waals surface area contributed by atoms with Gasteiger partial charge < -0.3 is 5.73 Å². The molecule has 0 saturated heterocycles. The van der Waals surface area contributed by atoms with Gasteiger partial charge >= 0.3 is 0 Å². The zero-order chi connectivity index (χ0) is 11.1. The Bertz CT molecular complexity index is 359. The van der Waals surface area contributed by atoms with Crippen LogP contribution in [0.1, 0.15) is 37.7 Å². The molecule has 0 heterocycles. The number of hydrogen-bond donors (Lipinski definition) is 1. The maximum Gasteiger partial charge on any atom is 0.0104 e. The lowest BCUT2D eigenvalue weighted by molar-refractivity contribution is 0.284. The molecule has 0 radical (unpaired) electrons. The Balaban J connectivity index is 1.96. The Morgan fingerprint density at radius 3 is 2.44 bits per heavy atom. The van der Waals surface area contributed by atoms with E-state index in [1.807, 2.05) is 0 Å². The van der Waals surface area contributed by atoms with E-state index in [9.17, 15) is 0 Å². The Morgan fingerprint density at radius 2 is 1.75 bits per heavy atom. The Labute approximate surface area is 98.0 Å². The molecule has 1 aromatic rings. The van der Waals surface area contributed by atoms with Crippen LogP contribution in [-0.4, -0.2) is 6.04 Å². The van der Waals surface area contributed by atoms with Crippen molar-refractivity contribution >= 4 is 0 Å². The maximum atomic E-state index is 6.40. The molecule has 2 N–H and O–H groups in total. The topological polar surface area (TPSA) is 26.0 Å². The number of hydrogen-bond acceptors (Lipinski definition) is 1. The van der Waals surface area contributed by atoms with Crippen molar-refractivity contribution in [3.63, 3.8) is 0 Å². The van der Waals surface area contributed by atoms with Gasteiger partial charge in [0.2, 0.25) is 0 Å². The maximum absolute atomic E-state index is 6.40. The molecule has 1 nitrogen and oxygen atoms in total. The molecule has 2 aliphatic carbocycles. The molecular weight excluding hydrogens is 194 g/mol. The summed E-state index contributed by atoms with van der Waals surface area (Å²) in [5.74, 6) is 2.98. The average Bonchev–Trinajstić information content (AvgIpc) is 2.48. The Hall–Kier alpha value is -0.820. The van der Waals surface area contributed by atoms with Crippen molar-refractivity contribution in [1.82, 2.24) is 0 Å². The number of rotatable bonds is 1. The van der Waals surface area contributed by atoms with E-state index in [1.165, 1.54) is 24.8 Å². The lowest BCUT2D eigenvalue weighted by atomic mass is 9.81. The van der Waals surface area contributed by atoms with Crippen LogP contribution in [-0.2, 0) is 0 Å². The second-order valence-corrected chi connectivity index (χ2v) is 5.63. The first-order valence-corrected chi connectivity index (χ1v) is 6.59. The van der Waals surface area contributed by atoms with E-state index in [0.29, 0.717) is 12.0 Å². The molecule has 0 amide bonds. The van der Waals surface area contributed by atoms with Gasteiger partial charge in [-0.25, -0.2) is 0 Å². The van der Waals surface area contributed by atoms with Crippen LogP contribution in [0.2, 0.25) is 0 Å². The fourth-order valence-corrected chi connectivity index (χ4v) is 4.21. The number of fused-ring (bicyclic) bond motifs is 2. The fraction of sp³-hybridized carbons (Fsp3) is 0.600. The summed E-state index contributed by atoms with van der Waals surface area (Å²) >= 11 is 0. The molecule has 3 rings (SSSR count). The van der Waals surface area contributed by atoms with E-state index in [4.69, 9.17) is 5.73 Å². The van der Waals surface area contributed by atoms with Crippen molar-refractivity contribution in [2.45, 2.75) is 38.1 Å². The van der Waals surface area contributed by atoms with Crippen molar-refractivity contribution in [3.05, 3.63) is 35.9 Å². The first-order chi connectivity index (χ1) is 7.79. The van der Waals surface area contributed by atoms with Gasteiger partial charge in [-0.15, -0.1) is 0 Å². The van der Waals surface area contributed by atoms with E-state index in [1.54, 1.807) is 0 Å². The summed E-state index contributed by atoms with van der Waals surface area (Å²) in [6.45, 7) is 2.41. The molecule has 0 aliphatic heterocycles. The van der Waals surface area contributed by atoms with Gasteiger partial charge in [-0.2, -0.15) is 0 Å². The van der Waals surface area contributed by atoms with Crippen molar-refractivity contribution in [1.29, 1.82) is 0 Å². The van der Waals surface area contributed by atoms with E-state index in [0.717, 1.165) is 17.8 Å². The quantitative estimate of drug-likeness (QED) is 0.765. The molecule has 1 heteroatoms. The van der Waals surface area contributed by atoms with Gasteiger partial charge in [0.1, 0.15) is 0 Å². The third-order valence-electron chi connectivity index (χ3n) is 4.95. The van der Waals surface area contributed by atoms with Crippen LogP contribution in [0.5, 0.6) is 0 Å². The summed E-state index contributed by atoms with van der Waals surface area (Å²) in [6.07, 6.45) is 4.07. The van der Waals surface area contributed by atoms with Crippen LogP contribution in [0.3, 0.4) is 0 Å². The summed E-state index contributed by atoms with van der Waals surface area (Å²) in [5.41, 5.74) is 7.92. The zero-order valence-electron chi connectivity index (χ0n) is 9.97. The van der Waals surface area contributed by atoms with Crippen LogP contribution >= 0.6 is 0 Å². The Morgan fingerprint density at radius 1 is 1.06 bits per heavy atom. The lowest BCUT2D eigenvalue weighted by Crippen LogP contribution is -2.35. The smallest absolute Gasteiger partial charge is 0.0104 e. The van der Waals surface area contributed by atoms with Gasteiger partial charge in [0.15, 0.2) is 0 Å². The van der Waals surface area contributed by atoms with Gasteiger partial charge in [-0.3, -0.25) is 0 Å². The third-order valence-corrected chi connectivity index (χ3v) is 4.95. The highest BCUT2D eigenvalue weighted by Crippen LogP contribution is 2.53. The average molecular weight is 215 g/mol. The normalized spacial score (nSPS) is 42.2. The minimum absolute atomic E-state index is 0.453. The van der Waals surface area contributed by atoms with Gasteiger partial charge in [0, 0.05) is 6.04 Å². The predicted molar refractivity (Wildman–Crippen MR) is 67.2 cm³/mol. The summed E-state index contributed by atoms with van der Waals surface area (Å²) in [4.78, 5) is 0. The largest absolute Gasteiger partial charge is 0.327 e. The van der Waals surface area contributed by atoms with Crippen molar-refractivity contribution in [2.75, 3.05) is 0 Å². The summed E-state index contributed by atoms with van der Waals surface area (Å²) in [5, 5.41) is 0. The van der Waals surface area contributed by atoms with Crippen molar-refractivity contribution < 1.29 is 0 Å². The molecule has 1 aromatic carbocycles. The third kappa shape index (κ3) is 1.41. The molecule has 2 aliphatic rings. The van der Waals surface area contributed by atoms with Crippen molar-refractivity contribution in [3.8, 4) is 0 Å². The van der Waals surface area contributed by atoms with Crippen molar-refractivity contribution in [2.24, 2.45) is 23.5 Å². The molecule has 0 spiro atoms. The molecule has 5 atom stereocenters. The molecule has 86 valence electrons. The minimum atomic E-state index is 0.453. The van der Waals surface area contributed by atoms with Crippen LogP contribution < -0.4 is 5.73 Å². The molecule has 2 fully saturated rings. The van der Waals surface area contributed by atoms with Gasteiger partial charge in [0.25, 0.3) is 0 Å². The van der Waals surface area contributed by atoms with E-state index in [-0.39, 0.29) is 0 Å². The molecular formula is C15H21N. The SMILES string of the molecule is C[C@@H]1C2CCCC(C2N)[C@@H]1c1ccccc1. The van der Waals surface area contributed by atoms with E-state index in [2.05, 4.69) is 37.3 Å². The predicted octanol–water partition coefficient (Wildman–Crippen LogP) is 3.16. The standard InChI is InChI=1S/C15H21N/c1-10-12-8-5-9-13(15(12)16)14(10)11-6-3-2-4-7-11/h2-4,6-7,10,12-15H,5,8-9,16H2,1H3/t10-,12?,13?,14+,15?/m1/s1. The number of nitrogens with two attached hydrogens (primary N) is 1. The lowest BCUT2D eigenvalue weighted by Gasteiger charge is -2.28. The molecule has 3 unspecified atom stereocenters. The Kier molecular flexibility index (Phi) is 2.51. The van der Waals surface area contributed by atoms with E-state index >= 15 is 0 Å². The highest BCUT2D eigenvalue weighted by molar-refractivity contribution is 5.25. The van der Waals surface area contributed by atoms with Gasteiger partial charge in [-0.05, 0) is 42.1 Å². The summed E-state index contributed by atoms with van der Waals surface area (Å²) in [7, 11) is 0. The first-order valence-electron chi connectivity index (χ1n) is 6.59. The minimum Gasteiger partial charge on any atom is -0.327 e. The molecule has 0 aromatic heterocycles. The van der Waals surface area contributed by atoms with Crippen LogP contribution in [0, 0.1) is 17.8 Å². The zero-order valence-corrected chi connectivity index (χ0v) is 9.97. The first kappa shape index (κ1) is 10.3. The molecule has 2 saturated carbocycles. The van der Waals surface area contributed by atoms with Gasteiger partial charge in [-0.1, -0.05) is 43.7 Å². The van der Waals surface area contributed by atoms with E-state index < -0.39 is 0 Å². The summed E-state index contributed by atoms with van der Waals surface area (Å²) in [6, 6.07) is 11.5. The van der Waals surface area contributed by atoms with Crippen LogP contribution in [0.15, 0.2) is 30.3 Å².